The van der Waals surface area contributed by atoms with Gasteiger partial charge in [0.2, 0.25) is 0 Å². The first-order valence-corrected chi connectivity index (χ1v) is 9.53. The van der Waals surface area contributed by atoms with E-state index in [9.17, 15) is 19.8 Å². The molecule has 0 radical (unpaired) electrons. The fraction of sp³-hybridized carbons (Fsp3) is 0.900. The van der Waals surface area contributed by atoms with Crippen molar-refractivity contribution in [2.75, 3.05) is 0 Å². The van der Waals surface area contributed by atoms with E-state index in [0.29, 0.717) is 12.8 Å². The van der Waals surface area contributed by atoms with Gasteiger partial charge in [-0.25, -0.2) is 0 Å². The summed E-state index contributed by atoms with van der Waals surface area (Å²) in [6.07, 6.45) is 6.08. The molecule has 24 heavy (non-hydrogen) atoms. The summed E-state index contributed by atoms with van der Waals surface area (Å²) in [5, 5.41) is 20.7. The molecule has 0 unspecified atom stereocenters. The number of aliphatic carboxylic acids is 1. The van der Waals surface area contributed by atoms with Gasteiger partial charge in [0.1, 0.15) is 5.78 Å². The van der Waals surface area contributed by atoms with Gasteiger partial charge in [0, 0.05) is 6.42 Å². The van der Waals surface area contributed by atoms with Gasteiger partial charge < -0.3 is 10.2 Å². The summed E-state index contributed by atoms with van der Waals surface area (Å²) >= 11 is 0. The maximum absolute atomic E-state index is 12.7. The molecule has 134 valence electrons. The van der Waals surface area contributed by atoms with Crippen LogP contribution in [0.2, 0.25) is 0 Å². The molecule has 0 amide bonds. The standard InChI is InChI=1S/C20H30O4/c1-17-6-4-7-18(2,16(23)24)12(17)5-8-20-10-15(22)19(3,11-20)14(21)9-13(17)20/h12-14,21H,4-11H2,1-3H3,(H,23,24)/t12-,13-,14-,17+,18+,19+,20-/m0/s1. The Kier molecular flexibility index (Phi) is 3.19. The van der Waals surface area contributed by atoms with Crippen LogP contribution >= 0.6 is 0 Å². The fourth-order valence-electron chi connectivity index (χ4n) is 7.68. The van der Waals surface area contributed by atoms with E-state index in [1.54, 1.807) is 0 Å². The Morgan fingerprint density at radius 2 is 1.83 bits per heavy atom. The van der Waals surface area contributed by atoms with E-state index in [1.807, 2.05) is 13.8 Å². The normalized spacial score (nSPS) is 56.5. The van der Waals surface area contributed by atoms with Crippen molar-refractivity contribution >= 4 is 11.8 Å². The number of carboxylic acids is 1. The first kappa shape index (κ1) is 16.6. The largest absolute Gasteiger partial charge is 0.481 e. The van der Waals surface area contributed by atoms with Crippen molar-refractivity contribution in [1.82, 2.24) is 0 Å². The third-order valence-corrected chi connectivity index (χ3v) is 8.99. The molecule has 2 N–H and O–H groups in total. The lowest BCUT2D eigenvalue weighted by Gasteiger charge is -2.64. The topological polar surface area (TPSA) is 74.6 Å². The highest BCUT2D eigenvalue weighted by molar-refractivity contribution is 5.89. The van der Waals surface area contributed by atoms with Crippen molar-refractivity contribution < 1.29 is 19.8 Å². The predicted octanol–water partition coefficient (Wildman–Crippen LogP) is 3.41. The average Bonchev–Trinajstić information content (AvgIpc) is 2.71. The molecule has 0 aromatic heterocycles. The summed E-state index contributed by atoms with van der Waals surface area (Å²) in [4.78, 5) is 24.7. The molecule has 7 atom stereocenters. The molecule has 2 bridgehead atoms. The highest BCUT2D eigenvalue weighted by Crippen LogP contribution is 2.72. The lowest BCUT2D eigenvalue weighted by atomic mass is 9.40. The van der Waals surface area contributed by atoms with Gasteiger partial charge in [0.25, 0.3) is 0 Å². The fourth-order valence-corrected chi connectivity index (χ4v) is 7.68. The average molecular weight is 334 g/mol. The van der Waals surface area contributed by atoms with Gasteiger partial charge in [-0.15, -0.1) is 0 Å². The van der Waals surface area contributed by atoms with Crippen LogP contribution in [0.4, 0.5) is 0 Å². The molecular weight excluding hydrogens is 304 g/mol. The Hall–Kier alpha value is -0.900. The molecule has 0 aromatic rings. The zero-order valence-corrected chi connectivity index (χ0v) is 15.1. The van der Waals surface area contributed by atoms with E-state index in [2.05, 4.69) is 6.92 Å². The quantitative estimate of drug-likeness (QED) is 0.770. The molecule has 0 saturated heterocycles. The summed E-state index contributed by atoms with van der Waals surface area (Å²) in [5.41, 5.74) is -1.29. The molecule has 0 aromatic carbocycles. The highest BCUT2D eigenvalue weighted by atomic mass is 16.4. The molecule has 1 spiro atoms. The number of rotatable bonds is 1. The summed E-state index contributed by atoms with van der Waals surface area (Å²) in [7, 11) is 0. The number of carbonyl (C=O) groups excluding carboxylic acids is 1. The van der Waals surface area contributed by atoms with Crippen LogP contribution in [-0.4, -0.2) is 28.1 Å². The number of fused-ring (bicyclic) bond motifs is 3. The molecule has 4 aliphatic carbocycles. The van der Waals surface area contributed by atoms with Gasteiger partial charge in [-0.3, -0.25) is 9.59 Å². The van der Waals surface area contributed by atoms with Crippen LogP contribution in [0.5, 0.6) is 0 Å². The van der Waals surface area contributed by atoms with Crippen molar-refractivity contribution in [1.29, 1.82) is 0 Å². The van der Waals surface area contributed by atoms with Crippen LogP contribution in [0.25, 0.3) is 0 Å². The monoisotopic (exact) mass is 334 g/mol. The van der Waals surface area contributed by atoms with Gasteiger partial charge in [-0.05, 0) is 68.1 Å². The van der Waals surface area contributed by atoms with Crippen LogP contribution < -0.4 is 0 Å². The molecule has 4 saturated carbocycles. The Morgan fingerprint density at radius 1 is 1.12 bits per heavy atom. The van der Waals surface area contributed by atoms with E-state index >= 15 is 0 Å². The van der Waals surface area contributed by atoms with Crippen molar-refractivity contribution in [3.8, 4) is 0 Å². The second-order valence-corrected chi connectivity index (χ2v) is 10.0. The van der Waals surface area contributed by atoms with E-state index in [0.717, 1.165) is 38.5 Å². The summed E-state index contributed by atoms with van der Waals surface area (Å²) in [6, 6.07) is 0. The number of Topliss-reactive ketones (excluding diaryl/α,β-unsaturated/α-hetero) is 1. The number of hydrogen-bond donors (Lipinski definition) is 2. The Morgan fingerprint density at radius 3 is 2.50 bits per heavy atom. The van der Waals surface area contributed by atoms with Crippen LogP contribution in [0, 0.1) is 33.5 Å². The lowest BCUT2D eigenvalue weighted by Crippen LogP contribution is -2.60. The van der Waals surface area contributed by atoms with Crippen LogP contribution in [0.1, 0.15) is 72.1 Å². The van der Waals surface area contributed by atoms with Gasteiger partial charge >= 0.3 is 5.97 Å². The molecule has 0 aliphatic heterocycles. The van der Waals surface area contributed by atoms with Crippen molar-refractivity contribution in [2.24, 2.45) is 33.5 Å². The smallest absolute Gasteiger partial charge is 0.309 e. The van der Waals surface area contributed by atoms with Crippen LogP contribution in [-0.2, 0) is 9.59 Å². The molecule has 0 heterocycles. The molecule has 4 fully saturated rings. The number of ketones is 1. The van der Waals surface area contributed by atoms with Crippen molar-refractivity contribution in [3.63, 3.8) is 0 Å². The predicted molar refractivity (Wildman–Crippen MR) is 89.3 cm³/mol. The Bertz CT molecular complexity index is 615. The summed E-state index contributed by atoms with van der Waals surface area (Å²) in [6.45, 7) is 6.14. The zero-order chi connectivity index (χ0) is 17.5. The number of carboxylic acid groups (broad SMARTS) is 1. The number of carbonyl (C=O) groups is 2. The third-order valence-electron chi connectivity index (χ3n) is 8.99. The Balaban J connectivity index is 1.78. The minimum Gasteiger partial charge on any atom is -0.481 e. The maximum Gasteiger partial charge on any atom is 0.309 e. The highest BCUT2D eigenvalue weighted by Gasteiger charge is 2.70. The molecule has 4 nitrogen and oxygen atoms in total. The zero-order valence-electron chi connectivity index (χ0n) is 15.1. The summed E-state index contributed by atoms with van der Waals surface area (Å²) < 4.78 is 0. The second-order valence-electron chi connectivity index (χ2n) is 10.0. The van der Waals surface area contributed by atoms with E-state index in [1.165, 1.54) is 0 Å². The number of aliphatic hydroxyl groups excluding tert-OH is 1. The molecule has 4 heteroatoms. The SMILES string of the molecule is C[C@@]12CCC[C@@](C)(C(=O)O)[C@H]1CC[C@]13CC(=O)[C@](C)(C1)[C@@H](O)C[C@H]32. The minimum atomic E-state index is -0.668. The minimum absolute atomic E-state index is 0.00701. The van der Waals surface area contributed by atoms with Crippen molar-refractivity contribution in [3.05, 3.63) is 0 Å². The summed E-state index contributed by atoms with van der Waals surface area (Å²) in [5.74, 6) is -0.00851. The number of aliphatic hydroxyl groups is 1. The van der Waals surface area contributed by atoms with E-state index < -0.39 is 22.9 Å². The molecular formula is C20H30O4. The molecule has 4 aliphatic rings. The Labute approximate surface area is 144 Å². The second kappa shape index (κ2) is 4.63. The number of hydrogen-bond acceptors (Lipinski definition) is 3. The first-order chi connectivity index (χ1) is 11.1. The van der Waals surface area contributed by atoms with E-state index in [-0.39, 0.29) is 28.4 Å². The van der Waals surface area contributed by atoms with E-state index in [4.69, 9.17) is 0 Å². The van der Waals surface area contributed by atoms with Crippen LogP contribution in [0.3, 0.4) is 0 Å². The van der Waals surface area contributed by atoms with Gasteiger partial charge in [0.05, 0.1) is 16.9 Å². The maximum atomic E-state index is 12.7. The lowest BCUT2D eigenvalue weighted by molar-refractivity contribution is -0.191. The first-order valence-electron chi connectivity index (χ1n) is 9.53. The third kappa shape index (κ3) is 1.73. The van der Waals surface area contributed by atoms with Crippen molar-refractivity contribution in [2.45, 2.75) is 78.2 Å². The van der Waals surface area contributed by atoms with Gasteiger partial charge in [-0.2, -0.15) is 0 Å². The van der Waals surface area contributed by atoms with Crippen LogP contribution in [0.15, 0.2) is 0 Å². The van der Waals surface area contributed by atoms with Gasteiger partial charge in [0.15, 0.2) is 0 Å². The molecule has 4 rings (SSSR count). The van der Waals surface area contributed by atoms with Gasteiger partial charge in [-0.1, -0.05) is 20.3 Å².